The van der Waals surface area contributed by atoms with Crippen molar-refractivity contribution in [1.82, 2.24) is 9.80 Å². The summed E-state index contributed by atoms with van der Waals surface area (Å²) in [5, 5.41) is 203. The molecule has 23 nitrogen and oxygen atoms in total. The molecule has 0 heterocycles. The highest BCUT2D eigenvalue weighted by molar-refractivity contribution is 5.76. The number of rotatable bonds is 24. The zero-order valence-electron chi connectivity index (χ0n) is 25.6. The van der Waals surface area contributed by atoms with Crippen molar-refractivity contribution in [2.24, 2.45) is 0 Å². The summed E-state index contributed by atoms with van der Waals surface area (Å²) in [5.74, 6) is 0. The number of aliphatic hydroxyl groups is 20. The largest absolute Gasteiger partial charge is 0.394 e. The van der Waals surface area contributed by atoms with Gasteiger partial charge in [-0.25, -0.2) is 4.79 Å². The maximum absolute atomic E-state index is 14.5. The van der Waals surface area contributed by atoms with Gasteiger partial charge in [-0.05, 0) is 0 Å². The first-order valence-corrected chi connectivity index (χ1v) is 14.6. The summed E-state index contributed by atoms with van der Waals surface area (Å²) in [6.07, 6.45) is -28.9. The van der Waals surface area contributed by atoms with E-state index in [2.05, 4.69) is 0 Å². The molecular formula is C25H52N2O21. The second-order valence-corrected chi connectivity index (χ2v) is 11.0. The molecule has 0 aliphatic rings. The van der Waals surface area contributed by atoms with Crippen LogP contribution in [0, 0.1) is 0 Å². The van der Waals surface area contributed by atoms with Crippen LogP contribution in [0.15, 0.2) is 0 Å². The van der Waals surface area contributed by atoms with Crippen molar-refractivity contribution in [2.75, 3.05) is 52.9 Å². The van der Waals surface area contributed by atoms with Gasteiger partial charge < -0.3 is 112 Å². The van der Waals surface area contributed by atoms with E-state index in [4.69, 9.17) is 0 Å². The van der Waals surface area contributed by atoms with Gasteiger partial charge in [-0.2, -0.15) is 0 Å². The van der Waals surface area contributed by atoms with Gasteiger partial charge in [0.1, 0.15) is 73.2 Å². The Hall–Kier alpha value is -1.53. The Morgan fingerprint density at radius 3 is 0.604 bits per heavy atom. The Labute approximate surface area is 273 Å². The monoisotopic (exact) mass is 716 g/mol. The molecule has 0 aromatic rings. The average molecular weight is 717 g/mol. The summed E-state index contributed by atoms with van der Waals surface area (Å²) in [4.78, 5) is 14.5. The fraction of sp³-hybridized carbons (Fsp3) is 0.960. The molecule has 23 heteroatoms. The van der Waals surface area contributed by atoms with E-state index in [1.807, 2.05) is 0 Å². The van der Waals surface area contributed by atoms with Crippen LogP contribution in [-0.2, 0) is 0 Å². The zero-order valence-corrected chi connectivity index (χ0v) is 25.6. The standard InChI is InChI=1S/C25H52N2O21/c28-1-9(17(40)21(44)13(36)5-32)26(10(2-29)18(41)22(45)14(37)6-33)25(48)27(11(3-30)19(42)23(46)15(38)7-34)12(4-31)20(43)24(47)16(39)8-35/h9-24,28-47H,1-8H2. The molecule has 0 aromatic heterocycles. The number of hydrogen-bond donors (Lipinski definition) is 20. The van der Waals surface area contributed by atoms with Crippen LogP contribution in [0.1, 0.15) is 0 Å². The van der Waals surface area contributed by atoms with E-state index in [-0.39, 0.29) is 9.80 Å². The molecule has 0 spiro atoms. The molecule has 48 heavy (non-hydrogen) atoms. The van der Waals surface area contributed by atoms with Gasteiger partial charge in [0.2, 0.25) is 0 Å². The quantitative estimate of drug-likeness (QED) is 0.0441. The number of hydrogen-bond acceptors (Lipinski definition) is 21. The Balaban J connectivity index is 7.82. The van der Waals surface area contributed by atoms with Crippen LogP contribution in [0.2, 0.25) is 0 Å². The highest BCUT2D eigenvalue weighted by Crippen LogP contribution is 2.27. The number of carbonyl (C=O) groups excluding carboxylic acids is 1. The summed E-state index contributed by atoms with van der Waals surface area (Å²) in [6, 6.07) is -11.5. The predicted octanol–water partition coefficient (Wildman–Crippen LogP) is -12.5. The minimum Gasteiger partial charge on any atom is -0.394 e. The molecule has 288 valence electrons. The molecule has 0 saturated heterocycles. The van der Waals surface area contributed by atoms with E-state index in [0.29, 0.717) is 0 Å². The number of nitrogens with zero attached hydrogens (tertiary/aromatic N) is 2. The molecule has 16 unspecified atom stereocenters. The van der Waals surface area contributed by atoms with Gasteiger partial charge >= 0.3 is 6.03 Å². The lowest BCUT2D eigenvalue weighted by molar-refractivity contribution is -0.153. The molecule has 0 aliphatic carbocycles. The smallest absolute Gasteiger partial charge is 0.321 e. The molecule has 2 amide bonds. The third-order valence-electron chi connectivity index (χ3n) is 7.92. The zero-order chi connectivity index (χ0) is 37.6. The van der Waals surface area contributed by atoms with Crippen LogP contribution in [0.3, 0.4) is 0 Å². The maximum Gasteiger partial charge on any atom is 0.321 e. The molecule has 0 saturated carbocycles. The van der Waals surface area contributed by atoms with E-state index in [9.17, 15) is 107 Å². The highest BCUT2D eigenvalue weighted by Gasteiger charge is 2.50. The van der Waals surface area contributed by atoms with Gasteiger partial charge in [-0.1, -0.05) is 0 Å². The molecule has 0 aliphatic heterocycles. The van der Waals surface area contributed by atoms with Crippen molar-refractivity contribution in [2.45, 2.75) is 97.4 Å². The minimum atomic E-state index is -2.58. The molecule has 0 fully saturated rings. The first kappa shape index (κ1) is 46.5. The van der Waals surface area contributed by atoms with Gasteiger partial charge in [-0.3, -0.25) is 0 Å². The minimum absolute atomic E-state index is 0.00439. The SMILES string of the molecule is O=C(N(C(CO)C(O)C(O)C(O)CO)C(CO)C(O)C(O)C(O)CO)N(C(CO)C(O)C(O)C(O)CO)C(CO)C(O)C(O)C(O)CO. The lowest BCUT2D eigenvalue weighted by atomic mass is 9.93. The number of amides is 2. The second-order valence-electron chi connectivity index (χ2n) is 11.0. The summed E-state index contributed by atoms with van der Waals surface area (Å²) < 4.78 is 0. The lowest BCUT2D eigenvalue weighted by Crippen LogP contribution is -2.71. The number of aliphatic hydroxyl groups excluding tert-OH is 20. The van der Waals surface area contributed by atoms with E-state index < -0.39 is 156 Å². The van der Waals surface area contributed by atoms with Crippen LogP contribution >= 0.6 is 0 Å². The summed E-state index contributed by atoms with van der Waals surface area (Å²) in [7, 11) is 0. The first-order valence-electron chi connectivity index (χ1n) is 14.6. The summed E-state index contributed by atoms with van der Waals surface area (Å²) in [6.45, 7) is -10.9. The van der Waals surface area contributed by atoms with Crippen LogP contribution in [0.4, 0.5) is 4.79 Å². The molecule has 20 N–H and O–H groups in total. The van der Waals surface area contributed by atoms with E-state index >= 15 is 0 Å². The van der Waals surface area contributed by atoms with Crippen molar-refractivity contribution in [3.63, 3.8) is 0 Å². The third-order valence-corrected chi connectivity index (χ3v) is 7.92. The second kappa shape index (κ2) is 22.3. The van der Waals surface area contributed by atoms with Gasteiger partial charge in [0.05, 0.1) is 77.0 Å². The number of urea groups is 1. The van der Waals surface area contributed by atoms with E-state index in [1.54, 1.807) is 0 Å². The maximum atomic E-state index is 14.5. The number of carbonyl (C=O) groups is 1. The molecule has 16 atom stereocenters. The van der Waals surface area contributed by atoms with Crippen molar-refractivity contribution in [3.8, 4) is 0 Å². The van der Waals surface area contributed by atoms with Gasteiger partial charge in [-0.15, -0.1) is 0 Å². The fourth-order valence-electron chi connectivity index (χ4n) is 4.89. The molecular weight excluding hydrogens is 664 g/mol. The highest BCUT2D eigenvalue weighted by atomic mass is 16.4. The van der Waals surface area contributed by atoms with Crippen molar-refractivity contribution in [3.05, 3.63) is 0 Å². The normalized spacial score (nSPS) is 22.4. The Bertz CT molecular complexity index is 756. The van der Waals surface area contributed by atoms with Gasteiger partial charge in [0.15, 0.2) is 0 Å². The Morgan fingerprint density at radius 1 is 0.312 bits per heavy atom. The van der Waals surface area contributed by atoms with Crippen molar-refractivity contribution >= 4 is 6.03 Å². The fourth-order valence-corrected chi connectivity index (χ4v) is 4.89. The topological polar surface area (TPSA) is 428 Å². The summed E-state index contributed by atoms with van der Waals surface area (Å²) in [5.41, 5.74) is 0. The van der Waals surface area contributed by atoms with E-state index in [0.717, 1.165) is 0 Å². The molecule has 0 rings (SSSR count). The van der Waals surface area contributed by atoms with Crippen LogP contribution in [-0.4, -0.2) is 268 Å². The average Bonchev–Trinajstić information content (AvgIpc) is 3.10. The van der Waals surface area contributed by atoms with Gasteiger partial charge in [0, 0.05) is 0 Å². The van der Waals surface area contributed by atoms with Crippen molar-refractivity contribution < 1.29 is 107 Å². The third kappa shape index (κ3) is 11.2. The van der Waals surface area contributed by atoms with Crippen LogP contribution in [0.5, 0.6) is 0 Å². The molecule has 0 radical (unpaired) electrons. The van der Waals surface area contributed by atoms with Gasteiger partial charge in [0.25, 0.3) is 0 Å². The predicted molar refractivity (Wildman–Crippen MR) is 153 cm³/mol. The Morgan fingerprint density at radius 2 is 0.479 bits per heavy atom. The van der Waals surface area contributed by atoms with Crippen LogP contribution in [0.25, 0.3) is 0 Å². The Kier molecular flexibility index (Phi) is 21.6. The van der Waals surface area contributed by atoms with Crippen molar-refractivity contribution in [1.29, 1.82) is 0 Å². The summed E-state index contributed by atoms with van der Waals surface area (Å²) >= 11 is 0. The first-order chi connectivity index (χ1) is 22.4. The van der Waals surface area contributed by atoms with Crippen LogP contribution < -0.4 is 0 Å². The van der Waals surface area contributed by atoms with E-state index in [1.165, 1.54) is 0 Å². The molecule has 0 aromatic carbocycles. The molecule has 0 bridgehead atoms. The lowest BCUT2D eigenvalue weighted by Gasteiger charge is -2.49.